The van der Waals surface area contributed by atoms with Crippen molar-refractivity contribution >= 4 is 33.2 Å². The zero-order valence-electron chi connectivity index (χ0n) is 6.68. The predicted molar refractivity (Wildman–Crippen MR) is 49.2 cm³/mol. The normalized spacial score (nSPS) is 10.8. The summed E-state index contributed by atoms with van der Waals surface area (Å²) in [6, 6.07) is 2.11. The molecule has 1 aromatic heterocycles. The van der Waals surface area contributed by atoms with E-state index in [4.69, 9.17) is 4.42 Å². The van der Waals surface area contributed by atoms with Gasteiger partial charge in [-0.25, -0.2) is 8.78 Å². The van der Waals surface area contributed by atoms with Gasteiger partial charge in [-0.15, -0.1) is 0 Å². The van der Waals surface area contributed by atoms with Crippen LogP contribution in [0.25, 0.3) is 11.0 Å². The Bertz CT molecular complexity index is 519. The minimum Gasteiger partial charge on any atom is -0.452 e. The molecule has 0 amide bonds. The highest BCUT2D eigenvalue weighted by Crippen LogP contribution is 2.30. The van der Waals surface area contributed by atoms with E-state index < -0.39 is 11.6 Å². The average Bonchev–Trinajstić information content (AvgIpc) is 2.58. The second-order valence-electron chi connectivity index (χ2n) is 2.66. The van der Waals surface area contributed by atoms with E-state index in [1.54, 1.807) is 0 Å². The second-order valence-corrected chi connectivity index (χ2v) is 3.52. The molecule has 0 saturated carbocycles. The molecule has 0 aliphatic carbocycles. The number of furan rings is 1. The van der Waals surface area contributed by atoms with Crippen LogP contribution < -0.4 is 0 Å². The maximum absolute atomic E-state index is 13.2. The summed E-state index contributed by atoms with van der Waals surface area (Å²) in [5.41, 5.74) is 0.131. The molecule has 0 bridgehead atoms. The summed E-state index contributed by atoms with van der Waals surface area (Å²) < 4.78 is 31.3. The van der Waals surface area contributed by atoms with Gasteiger partial charge in [0.15, 0.2) is 29.3 Å². The van der Waals surface area contributed by atoms with Crippen molar-refractivity contribution < 1.29 is 18.0 Å². The van der Waals surface area contributed by atoms with Gasteiger partial charge in [0, 0.05) is 0 Å². The van der Waals surface area contributed by atoms with Gasteiger partial charge in [0.05, 0.1) is 9.86 Å². The summed E-state index contributed by atoms with van der Waals surface area (Å²) in [5.74, 6) is -2.03. The Morgan fingerprint density at radius 1 is 1.36 bits per heavy atom. The summed E-state index contributed by atoms with van der Waals surface area (Å²) >= 11 is 3.01. The van der Waals surface area contributed by atoms with E-state index in [-0.39, 0.29) is 21.2 Å². The largest absolute Gasteiger partial charge is 0.452 e. The lowest BCUT2D eigenvalue weighted by molar-refractivity contribution is 0.110. The topological polar surface area (TPSA) is 30.2 Å². The molecular formula is C9H3BrF2O2. The van der Waals surface area contributed by atoms with Crippen LogP contribution in [0.5, 0.6) is 0 Å². The van der Waals surface area contributed by atoms with Gasteiger partial charge in [-0.3, -0.25) is 4.79 Å². The van der Waals surface area contributed by atoms with E-state index in [0.717, 1.165) is 12.1 Å². The number of aldehydes is 1. The number of carbonyl (C=O) groups is 1. The third-order valence-corrected chi connectivity index (χ3v) is 2.37. The lowest BCUT2D eigenvalue weighted by Gasteiger charge is -1.95. The van der Waals surface area contributed by atoms with Gasteiger partial charge in [-0.2, -0.15) is 0 Å². The lowest BCUT2D eigenvalue weighted by Crippen LogP contribution is -1.84. The van der Waals surface area contributed by atoms with Crippen LogP contribution in [0.15, 0.2) is 21.0 Å². The van der Waals surface area contributed by atoms with Gasteiger partial charge in [0.2, 0.25) is 0 Å². The molecule has 0 N–H and O–H groups in total. The first-order valence-corrected chi connectivity index (χ1v) is 4.45. The number of rotatable bonds is 1. The van der Waals surface area contributed by atoms with E-state index in [2.05, 4.69) is 15.9 Å². The third-order valence-electron chi connectivity index (χ3n) is 1.78. The Kier molecular flexibility index (Phi) is 2.11. The highest BCUT2D eigenvalue weighted by Gasteiger charge is 2.15. The van der Waals surface area contributed by atoms with Gasteiger partial charge in [-0.05, 0) is 28.1 Å². The first-order chi connectivity index (χ1) is 6.63. The smallest absolute Gasteiger partial charge is 0.185 e. The molecule has 2 nitrogen and oxygen atoms in total. The number of benzene rings is 1. The summed E-state index contributed by atoms with van der Waals surface area (Å²) in [4.78, 5) is 10.4. The number of carbonyl (C=O) groups excluding carboxylic acids is 1. The van der Waals surface area contributed by atoms with Crippen LogP contribution in [0.2, 0.25) is 0 Å². The Hall–Kier alpha value is -1.23. The molecule has 5 heteroatoms. The molecule has 0 atom stereocenters. The van der Waals surface area contributed by atoms with E-state index in [1.165, 1.54) is 0 Å². The van der Waals surface area contributed by atoms with Gasteiger partial charge in [-0.1, -0.05) is 0 Å². The maximum Gasteiger partial charge on any atom is 0.185 e. The van der Waals surface area contributed by atoms with E-state index in [9.17, 15) is 13.6 Å². The maximum atomic E-state index is 13.2. The van der Waals surface area contributed by atoms with Crippen molar-refractivity contribution in [1.82, 2.24) is 0 Å². The van der Waals surface area contributed by atoms with Crippen LogP contribution >= 0.6 is 15.9 Å². The average molecular weight is 261 g/mol. The Morgan fingerprint density at radius 2 is 2.07 bits per heavy atom. The molecule has 0 spiro atoms. The minimum absolute atomic E-state index is 0.0369. The fourth-order valence-corrected chi connectivity index (χ4v) is 1.67. The van der Waals surface area contributed by atoms with E-state index >= 15 is 0 Å². The summed E-state index contributed by atoms with van der Waals surface area (Å²) in [6.45, 7) is 0. The molecule has 2 aromatic rings. The van der Waals surface area contributed by atoms with Crippen molar-refractivity contribution in [3.63, 3.8) is 0 Å². The fourth-order valence-electron chi connectivity index (χ4n) is 1.18. The number of hydrogen-bond acceptors (Lipinski definition) is 2. The van der Waals surface area contributed by atoms with Gasteiger partial charge in [0.1, 0.15) is 0 Å². The van der Waals surface area contributed by atoms with Crippen molar-refractivity contribution in [2.45, 2.75) is 0 Å². The summed E-state index contributed by atoms with van der Waals surface area (Å²) in [5, 5.41) is -0.0426. The van der Waals surface area contributed by atoms with Gasteiger partial charge >= 0.3 is 0 Å². The van der Waals surface area contributed by atoms with Crippen LogP contribution in [-0.4, -0.2) is 6.29 Å². The zero-order valence-corrected chi connectivity index (χ0v) is 8.27. The first kappa shape index (κ1) is 9.33. The van der Waals surface area contributed by atoms with Crippen molar-refractivity contribution in [2.24, 2.45) is 0 Å². The van der Waals surface area contributed by atoms with Crippen LogP contribution in [0, 0.1) is 11.6 Å². The molecule has 0 fully saturated rings. The molecule has 72 valence electrons. The Labute approximate surface area is 85.6 Å². The molecule has 1 heterocycles. The molecule has 0 aliphatic heterocycles. The number of fused-ring (bicyclic) bond motifs is 1. The highest BCUT2D eigenvalue weighted by molar-refractivity contribution is 9.10. The first-order valence-electron chi connectivity index (χ1n) is 3.65. The standard InChI is InChI=1S/C9H3BrF2O2/c10-6-2-7(11)8(12)5-1-4(3-13)14-9(5)6/h1-3H. The van der Waals surface area contributed by atoms with Crippen molar-refractivity contribution in [3.8, 4) is 0 Å². The van der Waals surface area contributed by atoms with E-state index in [0.29, 0.717) is 6.29 Å². The van der Waals surface area contributed by atoms with E-state index in [1.807, 2.05) is 0 Å². The highest BCUT2D eigenvalue weighted by atomic mass is 79.9. The molecular weight excluding hydrogens is 258 g/mol. The zero-order chi connectivity index (χ0) is 10.3. The van der Waals surface area contributed by atoms with Crippen molar-refractivity contribution in [3.05, 3.63) is 34.0 Å². The molecule has 2 rings (SSSR count). The second kappa shape index (κ2) is 3.16. The van der Waals surface area contributed by atoms with Crippen LogP contribution in [-0.2, 0) is 0 Å². The number of halogens is 3. The lowest BCUT2D eigenvalue weighted by atomic mass is 10.2. The summed E-state index contributed by atoms with van der Waals surface area (Å²) in [7, 11) is 0. The van der Waals surface area contributed by atoms with Gasteiger partial charge < -0.3 is 4.42 Å². The van der Waals surface area contributed by atoms with Crippen molar-refractivity contribution in [2.75, 3.05) is 0 Å². The SMILES string of the molecule is O=Cc1cc2c(F)c(F)cc(Br)c2o1. The molecule has 0 unspecified atom stereocenters. The quantitative estimate of drug-likeness (QED) is 0.582. The Balaban J connectivity index is 2.90. The predicted octanol–water partition coefficient (Wildman–Crippen LogP) is 3.29. The van der Waals surface area contributed by atoms with Crippen LogP contribution in [0.3, 0.4) is 0 Å². The minimum atomic E-state index is -1.01. The molecule has 0 saturated heterocycles. The monoisotopic (exact) mass is 260 g/mol. The fraction of sp³-hybridized carbons (Fsp3) is 0. The van der Waals surface area contributed by atoms with Crippen LogP contribution in [0.4, 0.5) is 8.78 Å². The van der Waals surface area contributed by atoms with Crippen molar-refractivity contribution in [1.29, 1.82) is 0 Å². The molecule has 0 radical (unpaired) electrons. The Morgan fingerprint density at radius 3 is 2.71 bits per heavy atom. The number of hydrogen-bond donors (Lipinski definition) is 0. The molecule has 1 aromatic carbocycles. The van der Waals surface area contributed by atoms with Gasteiger partial charge in [0.25, 0.3) is 0 Å². The molecule has 14 heavy (non-hydrogen) atoms. The third kappa shape index (κ3) is 1.24. The van der Waals surface area contributed by atoms with Crippen LogP contribution in [0.1, 0.15) is 10.6 Å². The summed E-state index contributed by atoms with van der Waals surface area (Å²) in [6.07, 6.45) is 0.434. The molecule has 0 aliphatic rings.